The van der Waals surface area contributed by atoms with Gasteiger partial charge in [-0.05, 0) is 19.4 Å². The molecule has 0 aliphatic rings. The summed E-state index contributed by atoms with van der Waals surface area (Å²) in [6.45, 7) is 5.45. The van der Waals surface area contributed by atoms with Crippen molar-refractivity contribution in [2.45, 2.75) is 46.1 Å². The maximum atomic E-state index is 10.5. The van der Waals surface area contributed by atoms with Gasteiger partial charge in [0.2, 0.25) is 0 Å². The van der Waals surface area contributed by atoms with E-state index in [1.807, 2.05) is 13.0 Å². The van der Waals surface area contributed by atoms with E-state index in [-0.39, 0.29) is 12.1 Å². The summed E-state index contributed by atoms with van der Waals surface area (Å²) in [6.07, 6.45) is 7.38. The predicted molar refractivity (Wildman–Crippen MR) is 49.9 cm³/mol. The Kier molecular flexibility index (Phi) is 6.44. The SMILES string of the molecule is CCCCC=CC(C)OC(C)=O. The van der Waals surface area contributed by atoms with Crippen molar-refractivity contribution in [3.05, 3.63) is 12.2 Å². The van der Waals surface area contributed by atoms with Crippen LogP contribution >= 0.6 is 0 Å². The maximum absolute atomic E-state index is 10.5. The van der Waals surface area contributed by atoms with Gasteiger partial charge in [0, 0.05) is 6.92 Å². The van der Waals surface area contributed by atoms with Crippen LogP contribution in [-0.4, -0.2) is 12.1 Å². The molecule has 0 N–H and O–H groups in total. The first-order chi connectivity index (χ1) is 5.66. The second-order valence-corrected chi connectivity index (χ2v) is 2.88. The smallest absolute Gasteiger partial charge is 0.303 e. The molecule has 1 unspecified atom stereocenters. The van der Waals surface area contributed by atoms with E-state index in [9.17, 15) is 4.79 Å². The van der Waals surface area contributed by atoms with Crippen LogP contribution in [0.25, 0.3) is 0 Å². The molecule has 1 atom stereocenters. The van der Waals surface area contributed by atoms with Crippen molar-refractivity contribution in [1.29, 1.82) is 0 Å². The molecular weight excluding hydrogens is 152 g/mol. The van der Waals surface area contributed by atoms with Crippen LogP contribution in [-0.2, 0) is 9.53 Å². The topological polar surface area (TPSA) is 26.3 Å². The van der Waals surface area contributed by atoms with Gasteiger partial charge < -0.3 is 4.74 Å². The number of carbonyl (C=O) groups excluding carboxylic acids is 1. The normalized spacial score (nSPS) is 13.2. The third-order valence-corrected chi connectivity index (χ3v) is 1.48. The van der Waals surface area contributed by atoms with Crippen molar-refractivity contribution in [2.24, 2.45) is 0 Å². The van der Waals surface area contributed by atoms with E-state index in [2.05, 4.69) is 13.0 Å². The van der Waals surface area contributed by atoms with Crippen LogP contribution in [0.15, 0.2) is 12.2 Å². The van der Waals surface area contributed by atoms with Gasteiger partial charge >= 0.3 is 5.97 Å². The first-order valence-electron chi connectivity index (χ1n) is 4.50. The summed E-state index contributed by atoms with van der Waals surface area (Å²) in [6, 6.07) is 0. The van der Waals surface area contributed by atoms with Crippen LogP contribution in [0.1, 0.15) is 40.0 Å². The molecule has 0 aromatic rings. The first-order valence-corrected chi connectivity index (χ1v) is 4.50. The molecule has 0 spiro atoms. The lowest BCUT2D eigenvalue weighted by molar-refractivity contribution is -0.143. The van der Waals surface area contributed by atoms with E-state index >= 15 is 0 Å². The van der Waals surface area contributed by atoms with Gasteiger partial charge in [-0.15, -0.1) is 0 Å². The summed E-state index contributed by atoms with van der Waals surface area (Å²) in [4.78, 5) is 10.5. The van der Waals surface area contributed by atoms with Gasteiger partial charge in [-0.25, -0.2) is 0 Å². The molecular formula is C10H18O2. The number of allylic oxidation sites excluding steroid dienone is 1. The minimum atomic E-state index is -0.220. The Morgan fingerprint density at radius 1 is 1.58 bits per heavy atom. The van der Waals surface area contributed by atoms with Crippen molar-refractivity contribution < 1.29 is 9.53 Å². The number of ether oxygens (including phenoxy) is 1. The Bertz CT molecular complexity index is 150. The molecule has 0 bridgehead atoms. The lowest BCUT2D eigenvalue weighted by Gasteiger charge is -2.05. The van der Waals surface area contributed by atoms with E-state index in [4.69, 9.17) is 4.74 Å². The molecule has 0 amide bonds. The van der Waals surface area contributed by atoms with E-state index in [0.29, 0.717) is 0 Å². The maximum Gasteiger partial charge on any atom is 0.303 e. The molecule has 12 heavy (non-hydrogen) atoms. The predicted octanol–water partition coefficient (Wildman–Crippen LogP) is 2.68. The highest BCUT2D eigenvalue weighted by atomic mass is 16.5. The molecule has 70 valence electrons. The summed E-state index contributed by atoms with van der Waals surface area (Å²) in [5.74, 6) is -0.220. The van der Waals surface area contributed by atoms with E-state index in [0.717, 1.165) is 6.42 Å². The second kappa shape index (κ2) is 6.89. The number of hydrogen-bond acceptors (Lipinski definition) is 2. The molecule has 0 aromatic carbocycles. The van der Waals surface area contributed by atoms with Crippen LogP contribution in [0.2, 0.25) is 0 Å². The van der Waals surface area contributed by atoms with Crippen LogP contribution in [0, 0.1) is 0 Å². The quantitative estimate of drug-likeness (QED) is 0.360. The van der Waals surface area contributed by atoms with Gasteiger partial charge in [0.1, 0.15) is 6.10 Å². The van der Waals surface area contributed by atoms with E-state index < -0.39 is 0 Å². The minimum Gasteiger partial charge on any atom is -0.459 e. The summed E-state index contributed by atoms with van der Waals surface area (Å²) in [5.41, 5.74) is 0. The molecule has 0 saturated carbocycles. The Labute approximate surface area is 74.6 Å². The van der Waals surface area contributed by atoms with Crippen LogP contribution in [0.5, 0.6) is 0 Å². The Hall–Kier alpha value is -0.790. The number of carbonyl (C=O) groups is 1. The van der Waals surface area contributed by atoms with Crippen molar-refractivity contribution >= 4 is 5.97 Å². The summed E-state index contributed by atoms with van der Waals surface area (Å²) in [5, 5.41) is 0. The Morgan fingerprint density at radius 2 is 2.25 bits per heavy atom. The molecule has 0 heterocycles. The second-order valence-electron chi connectivity index (χ2n) is 2.88. The third-order valence-electron chi connectivity index (χ3n) is 1.48. The van der Waals surface area contributed by atoms with Gasteiger partial charge in [-0.1, -0.05) is 25.8 Å². The average Bonchev–Trinajstić information content (AvgIpc) is 1.97. The zero-order valence-electron chi connectivity index (χ0n) is 8.17. The summed E-state index contributed by atoms with van der Waals surface area (Å²) >= 11 is 0. The lowest BCUT2D eigenvalue weighted by atomic mass is 10.2. The highest BCUT2D eigenvalue weighted by Gasteiger charge is 1.98. The molecule has 0 fully saturated rings. The Balaban J connectivity index is 3.46. The van der Waals surface area contributed by atoms with Crippen molar-refractivity contribution in [3.8, 4) is 0 Å². The molecule has 0 radical (unpaired) electrons. The zero-order valence-corrected chi connectivity index (χ0v) is 8.17. The third kappa shape index (κ3) is 7.32. The number of hydrogen-bond donors (Lipinski definition) is 0. The fourth-order valence-corrected chi connectivity index (χ4v) is 0.911. The molecule has 0 saturated heterocycles. The van der Waals surface area contributed by atoms with E-state index in [1.54, 1.807) is 0 Å². The van der Waals surface area contributed by atoms with Crippen LogP contribution in [0.4, 0.5) is 0 Å². The molecule has 2 heteroatoms. The minimum absolute atomic E-state index is 0.0839. The van der Waals surface area contributed by atoms with Gasteiger partial charge in [-0.2, -0.15) is 0 Å². The van der Waals surface area contributed by atoms with Crippen molar-refractivity contribution in [3.63, 3.8) is 0 Å². The summed E-state index contributed by atoms with van der Waals surface area (Å²) < 4.78 is 4.90. The summed E-state index contributed by atoms with van der Waals surface area (Å²) in [7, 11) is 0. The molecule has 2 nitrogen and oxygen atoms in total. The number of esters is 1. The van der Waals surface area contributed by atoms with Crippen molar-refractivity contribution in [1.82, 2.24) is 0 Å². The molecule has 0 aromatic heterocycles. The van der Waals surface area contributed by atoms with Gasteiger partial charge in [0.25, 0.3) is 0 Å². The average molecular weight is 170 g/mol. The van der Waals surface area contributed by atoms with Gasteiger partial charge in [0.05, 0.1) is 0 Å². The molecule has 0 aliphatic heterocycles. The molecule has 0 rings (SSSR count). The standard InChI is InChI=1S/C10H18O2/c1-4-5-6-7-8-9(2)12-10(3)11/h7-9H,4-6H2,1-3H3. The van der Waals surface area contributed by atoms with Crippen LogP contribution in [0.3, 0.4) is 0 Å². The highest BCUT2D eigenvalue weighted by Crippen LogP contribution is 1.98. The fourth-order valence-electron chi connectivity index (χ4n) is 0.911. The molecule has 0 aliphatic carbocycles. The largest absolute Gasteiger partial charge is 0.459 e. The Morgan fingerprint density at radius 3 is 2.75 bits per heavy atom. The number of rotatable bonds is 5. The first kappa shape index (κ1) is 11.2. The monoisotopic (exact) mass is 170 g/mol. The van der Waals surface area contributed by atoms with Crippen LogP contribution < -0.4 is 0 Å². The fraction of sp³-hybridized carbons (Fsp3) is 0.700. The zero-order chi connectivity index (χ0) is 9.40. The number of unbranched alkanes of at least 4 members (excludes halogenated alkanes) is 2. The van der Waals surface area contributed by atoms with Crippen molar-refractivity contribution in [2.75, 3.05) is 0 Å². The van der Waals surface area contributed by atoms with Gasteiger partial charge in [-0.3, -0.25) is 4.79 Å². The lowest BCUT2D eigenvalue weighted by Crippen LogP contribution is -2.08. The van der Waals surface area contributed by atoms with E-state index in [1.165, 1.54) is 19.8 Å². The highest BCUT2D eigenvalue weighted by molar-refractivity contribution is 5.66. The van der Waals surface area contributed by atoms with Gasteiger partial charge in [0.15, 0.2) is 0 Å².